The minimum absolute atomic E-state index is 0.160. The minimum atomic E-state index is -4.44. The van der Waals surface area contributed by atoms with E-state index in [-0.39, 0.29) is 17.2 Å². The third-order valence-electron chi connectivity index (χ3n) is 3.16. The lowest BCUT2D eigenvalue weighted by Gasteiger charge is -2.26. The van der Waals surface area contributed by atoms with Crippen molar-refractivity contribution in [3.05, 3.63) is 27.7 Å². The second-order valence-electron chi connectivity index (χ2n) is 4.43. The molecule has 0 amide bonds. The van der Waals surface area contributed by atoms with E-state index in [2.05, 4.69) is 21.2 Å². The summed E-state index contributed by atoms with van der Waals surface area (Å²) in [6, 6.07) is 2.18. The Kier molecular flexibility index (Phi) is 3.87. The zero-order chi connectivity index (χ0) is 13.3. The standard InChI is InChI=1S/C12H13BrF3NO/c13-10-4-8(7-2-1-3-17-6-7)9(5-11(10)18)12(14,15)16/h4-5,7,17-18H,1-3,6H2. The SMILES string of the molecule is Oc1cc(C(F)(F)F)c(C2CCCNC2)cc1Br. The summed E-state index contributed by atoms with van der Waals surface area (Å²) in [5.41, 5.74) is -0.490. The van der Waals surface area contributed by atoms with Crippen molar-refractivity contribution in [2.75, 3.05) is 13.1 Å². The Morgan fingerprint density at radius 3 is 2.61 bits per heavy atom. The van der Waals surface area contributed by atoms with Gasteiger partial charge >= 0.3 is 6.18 Å². The molecular weight excluding hydrogens is 311 g/mol. The zero-order valence-corrected chi connectivity index (χ0v) is 11.1. The molecular formula is C12H13BrF3NO. The minimum Gasteiger partial charge on any atom is -0.507 e. The molecule has 100 valence electrons. The molecule has 0 bridgehead atoms. The summed E-state index contributed by atoms with van der Waals surface area (Å²) in [5.74, 6) is -0.540. The highest BCUT2D eigenvalue weighted by atomic mass is 79.9. The summed E-state index contributed by atoms with van der Waals surface area (Å²) in [5, 5.41) is 12.5. The van der Waals surface area contributed by atoms with E-state index >= 15 is 0 Å². The molecule has 2 nitrogen and oxygen atoms in total. The van der Waals surface area contributed by atoms with Crippen LogP contribution < -0.4 is 5.32 Å². The van der Waals surface area contributed by atoms with E-state index in [1.165, 1.54) is 6.07 Å². The van der Waals surface area contributed by atoms with E-state index in [0.29, 0.717) is 11.0 Å². The third-order valence-corrected chi connectivity index (χ3v) is 3.80. The molecule has 1 aliphatic rings. The molecule has 2 N–H and O–H groups in total. The second-order valence-corrected chi connectivity index (χ2v) is 5.29. The maximum atomic E-state index is 13.0. The molecule has 1 aromatic carbocycles. The summed E-state index contributed by atoms with van der Waals surface area (Å²) < 4.78 is 39.2. The van der Waals surface area contributed by atoms with Crippen molar-refractivity contribution in [3.8, 4) is 5.75 Å². The number of aromatic hydroxyl groups is 1. The fourth-order valence-electron chi connectivity index (χ4n) is 2.28. The van der Waals surface area contributed by atoms with E-state index in [1.807, 2.05) is 0 Å². The summed E-state index contributed by atoms with van der Waals surface area (Å²) in [6.07, 6.45) is -2.85. The van der Waals surface area contributed by atoms with Gasteiger partial charge in [-0.1, -0.05) is 0 Å². The predicted octanol–water partition coefficient (Wildman–Crippen LogP) is 3.64. The number of piperidine rings is 1. The maximum absolute atomic E-state index is 13.0. The molecule has 1 saturated heterocycles. The van der Waals surface area contributed by atoms with Gasteiger partial charge in [-0.3, -0.25) is 0 Å². The number of rotatable bonds is 1. The lowest BCUT2D eigenvalue weighted by atomic mass is 9.88. The number of phenolic OH excluding ortho intramolecular Hbond substituents is 1. The Labute approximate surface area is 111 Å². The normalized spacial score (nSPS) is 21.0. The molecule has 0 spiro atoms. The van der Waals surface area contributed by atoms with Gasteiger partial charge < -0.3 is 10.4 Å². The average molecular weight is 324 g/mol. The van der Waals surface area contributed by atoms with E-state index in [1.54, 1.807) is 0 Å². The topological polar surface area (TPSA) is 32.3 Å². The Morgan fingerprint density at radius 2 is 2.06 bits per heavy atom. The first-order valence-electron chi connectivity index (χ1n) is 5.70. The van der Waals surface area contributed by atoms with Crippen molar-refractivity contribution in [2.24, 2.45) is 0 Å². The van der Waals surface area contributed by atoms with Crippen LogP contribution in [0.2, 0.25) is 0 Å². The number of halogens is 4. The van der Waals surface area contributed by atoms with Crippen LogP contribution >= 0.6 is 15.9 Å². The largest absolute Gasteiger partial charge is 0.507 e. The van der Waals surface area contributed by atoms with Crippen molar-refractivity contribution < 1.29 is 18.3 Å². The number of nitrogens with one attached hydrogen (secondary N) is 1. The quantitative estimate of drug-likeness (QED) is 0.827. The summed E-state index contributed by atoms with van der Waals surface area (Å²) in [6.45, 7) is 1.39. The molecule has 1 unspecified atom stereocenters. The smallest absolute Gasteiger partial charge is 0.416 e. The first kappa shape index (κ1) is 13.7. The number of alkyl halides is 3. The van der Waals surface area contributed by atoms with Gasteiger partial charge in [0.15, 0.2) is 0 Å². The Balaban J connectivity index is 2.46. The van der Waals surface area contributed by atoms with Crippen molar-refractivity contribution in [1.82, 2.24) is 5.32 Å². The monoisotopic (exact) mass is 323 g/mol. The van der Waals surface area contributed by atoms with Crippen LogP contribution in [0.3, 0.4) is 0 Å². The maximum Gasteiger partial charge on any atom is 0.416 e. The Bertz CT molecular complexity index is 442. The Morgan fingerprint density at radius 1 is 1.33 bits per heavy atom. The molecule has 2 rings (SSSR count). The van der Waals surface area contributed by atoms with Gasteiger partial charge in [-0.05, 0) is 58.9 Å². The van der Waals surface area contributed by atoms with Gasteiger partial charge in [0.05, 0.1) is 10.0 Å². The highest BCUT2D eigenvalue weighted by Crippen LogP contribution is 2.41. The van der Waals surface area contributed by atoms with Gasteiger partial charge in [-0.25, -0.2) is 0 Å². The summed E-state index contributed by atoms with van der Waals surface area (Å²) >= 11 is 3.08. The molecule has 18 heavy (non-hydrogen) atoms. The molecule has 1 heterocycles. The van der Waals surface area contributed by atoms with E-state index in [9.17, 15) is 18.3 Å². The van der Waals surface area contributed by atoms with E-state index in [0.717, 1.165) is 25.5 Å². The average Bonchev–Trinajstić information content (AvgIpc) is 2.32. The first-order valence-corrected chi connectivity index (χ1v) is 6.49. The number of hydrogen-bond acceptors (Lipinski definition) is 2. The van der Waals surface area contributed by atoms with Gasteiger partial charge in [0, 0.05) is 6.54 Å². The highest BCUT2D eigenvalue weighted by Gasteiger charge is 2.36. The van der Waals surface area contributed by atoms with Crippen molar-refractivity contribution in [3.63, 3.8) is 0 Å². The van der Waals surface area contributed by atoms with E-state index in [4.69, 9.17) is 0 Å². The van der Waals surface area contributed by atoms with Crippen molar-refractivity contribution >= 4 is 15.9 Å². The highest BCUT2D eigenvalue weighted by molar-refractivity contribution is 9.10. The van der Waals surface area contributed by atoms with E-state index < -0.39 is 11.7 Å². The van der Waals surface area contributed by atoms with Crippen LogP contribution in [0.15, 0.2) is 16.6 Å². The lowest BCUT2D eigenvalue weighted by molar-refractivity contribution is -0.138. The van der Waals surface area contributed by atoms with Crippen LogP contribution in [0.25, 0.3) is 0 Å². The van der Waals surface area contributed by atoms with Crippen molar-refractivity contribution in [2.45, 2.75) is 24.9 Å². The zero-order valence-electron chi connectivity index (χ0n) is 9.52. The predicted molar refractivity (Wildman–Crippen MR) is 65.7 cm³/mol. The summed E-state index contributed by atoms with van der Waals surface area (Å²) in [4.78, 5) is 0. The van der Waals surface area contributed by atoms with Gasteiger partial charge in [0.2, 0.25) is 0 Å². The molecule has 0 saturated carbocycles. The number of benzene rings is 1. The molecule has 1 aliphatic heterocycles. The van der Waals surface area contributed by atoms with Crippen LogP contribution in [-0.2, 0) is 6.18 Å². The van der Waals surface area contributed by atoms with Gasteiger partial charge in [-0.2, -0.15) is 13.2 Å². The summed E-state index contributed by atoms with van der Waals surface area (Å²) in [7, 11) is 0. The van der Waals surface area contributed by atoms with Crippen LogP contribution in [0.4, 0.5) is 13.2 Å². The molecule has 6 heteroatoms. The Hall–Kier alpha value is -0.750. The van der Waals surface area contributed by atoms with Crippen molar-refractivity contribution in [1.29, 1.82) is 0 Å². The molecule has 0 radical (unpaired) electrons. The van der Waals surface area contributed by atoms with Gasteiger partial charge in [0.1, 0.15) is 5.75 Å². The number of hydrogen-bond donors (Lipinski definition) is 2. The van der Waals surface area contributed by atoms with Gasteiger partial charge in [0.25, 0.3) is 0 Å². The van der Waals surface area contributed by atoms with Crippen LogP contribution in [0.5, 0.6) is 5.75 Å². The van der Waals surface area contributed by atoms with Crippen LogP contribution in [0.1, 0.15) is 29.9 Å². The van der Waals surface area contributed by atoms with Crippen LogP contribution in [-0.4, -0.2) is 18.2 Å². The fraction of sp³-hybridized carbons (Fsp3) is 0.500. The fourth-order valence-corrected chi connectivity index (χ4v) is 2.64. The molecule has 1 fully saturated rings. The molecule has 0 aliphatic carbocycles. The van der Waals surface area contributed by atoms with Crippen LogP contribution in [0, 0.1) is 0 Å². The van der Waals surface area contributed by atoms with Gasteiger partial charge in [-0.15, -0.1) is 0 Å². The second kappa shape index (κ2) is 5.09. The first-order chi connectivity index (χ1) is 8.39. The molecule has 1 aromatic rings. The third kappa shape index (κ3) is 2.80. The number of phenols is 1. The molecule has 0 aromatic heterocycles. The lowest BCUT2D eigenvalue weighted by Crippen LogP contribution is -2.29. The molecule has 1 atom stereocenters.